The molecule has 0 saturated carbocycles. The lowest BCUT2D eigenvalue weighted by molar-refractivity contribution is -0.131. The number of carbonyl (C=O) groups excluding carboxylic acids is 1. The van der Waals surface area contributed by atoms with Crippen molar-refractivity contribution in [3.05, 3.63) is 48.4 Å². The van der Waals surface area contributed by atoms with E-state index in [0.29, 0.717) is 6.42 Å². The molecule has 3 rings (SSSR count). The third-order valence-electron chi connectivity index (χ3n) is 3.98. The summed E-state index contributed by atoms with van der Waals surface area (Å²) in [7, 11) is 1.67. The van der Waals surface area contributed by atoms with Gasteiger partial charge in [-0.2, -0.15) is 0 Å². The number of ether oxygens (including phenoxy) is 1. The maximum absolute atomic E-state index is 12.2. The number of nitrogens with zero attached hydrogens (tertiary/aromatic N) is 2. The van der Waals surface area contributed by atoms with Crippen molar-refractivity contribution in [2.75, 3.05) is 38.2 Å². The van der Waals surface area contributed by atoms with Gasteiger partial charge in [0.05, 0.1) is 19.8 Å². The van der Waals surface area contributed by atoms with Gasteiger partial charge in [0.15, 0.2) is 0 Å². The van der Waals surface area contributed by atoms with Crippen LogP contribution < -0.4 is 9.64 Å². The number of amides is 1. The van der Waals surface area contributed by atoms with Gasteiger partial charge in [0.1, 0.15) is 11.5 Å². The van der Waals surface area contributed by atoms with Crippen LogP contribution in [-0.4, -0.2) is 44.1 Å². The van der Waals surface area contributed by atoms with E-state index in [4.69, 9.17) is 9.15 Å². The monoisotopic (exact) mass is 300 g/mol. The van der Waals surface area contributed by atoms with Crippen LogP contribution in [0.5, 0.6) is 5.75 Å². The topological polar surface area (TPSA) is 45.9 Å². The Morgan fingerprint density at radius 2 is 1.86 bits per heavy atom. The van der Waals surface area contributed by atoms with Crippen LogP contribution in [0.3, 0.4) is 0 Å². The summed E-state index contributed by atoms with van der Waals surface area (Å²) < 4.78 is 10.4. The molecular formula is C17H20N2O3. The molecule has 0 aliphatic carbocycles. The molecule has 0 bridgehead atoms. The molecule has 0 unspecified atom stereocenters. The SMILES string of the molecule is COc1ccc(N2CCN(C(=O)Cc3ccco3)CC2)cc1. The van der Waals surface area contributed by atoms with E-state index in [9.17, 15) is 4.79 Å². The van der Waals surface area contributed by atoms with Gasteiger partial charge in [-0.05, 0) is 36.4 Å². The molecule has 1 amide bonds. The van der Waals surface area contributed by atoms with Crippen LogP contribution in [0.15, 0.2) is 47.1 Å². The van der Waals surface area contributed by atoms with Gasteiger partial charge in [-0.1, -0.05) is 0 Å². The maximum Gasteiger partial charge on any atom is 0.230 e. The number of carbonyl (C=O) groups is 1. The first-order valence-electron chi connectivity index (χ1n) is 7.45. The number of rotatable bonds is 4. The average Bonchev–Trinajstić information content (AvgIpc) is 3.08. The van der Waals surface area contributed by atoms with E-state index in [1.54, 1.807) is 13.4 Å². The van der Waals surface area contributed by atoms with Crippen molar-refractivity contribution in [1.82, 2.24) is 4.90 Å². The first-order chi connectivity index (χ1) is 10.8. The maximum atomic E-state index is 12.2. The molecule has 116 valence electrons. The van der Waals surface area contributed by atoms with Crippen molar-refractivity contribution in [3.63, 3.8) is 0 Å². The van der Waals surface area contributed by atoms with E-state index in [1.165, 1.54) is 5.69 Å². The predicted octanol–water partition coefficient (Wildman–Crippen LogP) is 2.18. The van der Waals surface area contributed by atoms with E-state index in [1.807, 2.05) is 29.2 Å². The Morgan fingerprint density at radius 3 is 2.45 bits per heavy atom. The molecule has 22 heavy (non-hydrogen) atoms. The summed E-state index contributed by atoms with van der Waals surface area (Å²) in [5.74, 6) is 1.71. The number of hydrogen-bond donors (Lipinski definition) is 0. The molecule has 0 atom stereocenters. The molecule has 5 nitrogen and oxygen atoms in total. The van der Waals surface area contributed by atoms with Gasteiger partial charge in [-0.3, -0.25) is 4.79 Å². The molecule has 0 spiro atoms. The third-order valence-corrected chi connectivity index (χ3v) is 3.98. The molecule has 1 aromatic heterocycles. The second kappa shape index (κ2) is 6.56. The number of hydrogen-bond acceptors (Lipinski definition) is 4. The van der Waals surface area contributed by atoms with Crippen LogP contribution in [-0.2, 0) is 11.2 Å². The van der Waals surface area contributed by atoms with Gasteiger partial charge in [0.25, 0.3) is 0 Å². The van der Waals surface area contributed by atoms with Crippen molar-refractivity contribution in [2.45, 2.75) is 6.42 Å². The lowest BCUT2D eigenvalue weighted by Crippen LogP contribution is -2.49. The average molecular weight is 300 g/mol. The highest BCUT2D eigenvalue weighted by atomic mass is 16.5. The van der Waals surface area contributed by atoms with Gasteiger partial charge in [-0.15, -0.1) is 0 Å². The Balaban J connectivity index is 1.54. The quantitative estimate of drug-likeness (QED) is 0.868. The number of piperazine rings is 1. The largest absolute Gasteiger partial charge is 0.497 e. The van der Waals surface area contributed by atoms with E-state index >= 15 is 0 Å². The molecule has 2 heterocycles. The summed E-state index contributed by atoms with van der Waals surface area (Å²) >= 11 is 0. The number of anilines is 1. The highest BCUT2D eigenvalue weighted by Crippen LogP contribution is 2.20. The minimum absolute atomic E-state index is 0.129. The fourth-order valence-electron chi connectivity index (χ4n) is 2.68. The summed E-state index contributed by atoms with van der Waals surface area (Å²) in [6.45, 7) is 3.17. The zero-order valence-corrected chi connectivity index (χ0v) is 12.7. The van der Waals surface area contributed by atoms with Crippen LogP contribution in [0.25, 0.3) is 0 Å². The summed E-state index contributed by atoms with van der Waals surface area (Å²) in [6.07, 6.45) is 1.94. The number of benzene rings is 1. The Morgan fingerprint density at radius 1 is 1.14 bits per heavy atom. The zero-order chi connectivity index (χ0) is 15.4. The van der Waals surface area contributed by atoms with E-state index in [2.05, 4.69) is 17.0 Å². The van der Waals surface area contributed by atoms with Crippen molar-refractivity contribution < 1.29 is 13.9 Å². The standard InChI is InChI=1S/C17H20N2O3/c1-21-15-6-4-14(5-7-15)18-8-10-19(11-9-18)17(20)13-16-3-2-12-22-16/h2-7,12H,8-11,13H2,1H3. The van der Waals surface area contributed by atoms with Gasteiger partial charge in [0, 0.05) is 31.9 Å². The Labute approximate surface area is 130 Å². The van der Waals surface area contributed by atoms with E-state index in [-0.39, 0.29) is 5.91 Å². The predicted molar refractivity (Wildman–Crippen MR) is 84.2 cm³/mol. The van der Waals surface area contributed by atoms with Crippen molar-refractivity contribution in [3.8, 4) is 5.75 Å². The Bertz CT molecular complexity index is 599. The first kappa shape index (κ1) is 14.5. The molecule has 0 radical (unpaired) electrons. The Kier molecular flexibility index (Phi) is 4.32. The normalized spacial score (nSPS) is 15.0. The third kappa shape index (κ3) is 3.24. The molecule has 1 fully saturated rings. The summed E-state index contributed by atoms with van der Waals surface area (Å²) in [4.78, 5) is 16.4. The minimum Gasteiger partial charge on any atom is -0.497 e. The molecule has 1 aliphatic rings. The molecule has 2 aromatic rings. The summed E-state index contributed by atoms with van der Waals surface area (Å²) in [5, 5.41) is 0. The van der Waals surface area contributed by atoms with Crippen molar-refractivity contribution in [1.29, 1.82) is 0 Å². The number of methoxy groups -OCH3 is 1. The fourth-order valence-corrected chi connectivity index (χ4v) is 2.68. The second-order valence-corrected chi connectivity index (χ2v) is 5.32. The van der Waals surface area contributed by atoms with Crippen LogP contribution in [0.2, 0.25) is 0 Å². The van der Waals surface area contributed by atoms with Crippen molar-refractivity contribution in [2.24, 2.45) is 0 Å². The van der Waals surface area contributed by atoms with Gasteiger partial charge >= 0.3 is 0 Å². The summed E-state index contributed by atoms with van der Waals surface area (Å²) in [6, 6.07) is 11.7. The zero-order valence-electron chi connectivity index (χ0n) is 12.7. The Hall–Kier alpha value is -2.43. The fraction of sp³-hybridized carbons (Fsp3) is 0.353. The van der Waals surface area contributed by atoms with Gasteiger partial charge < -0.3 is 19.0 Å². The molecule has 5 heteroatoms. The van der Waals surface area contributed by atoms with Gasteiger partial charge in [-0.25, -0.2) is 0 Å². The van der Waals surface area contributed by atoms with E-state index < -0.39 is 0 Å². The van der Waals surface area contributed by atoms with Gasteiger partial charge in [0.2, 0.25) is 5.91 Å². The molecule has 1 saturated heterocycles. The van der Waals surface area contributed by atoms with Crippen LogP contribution in [0.4, 0.5) is 5.69 Å². The van der Waals surface area contributed by atoms with E-state index in [0.717, 1.165) is 37.7 Å². The smallest absolute Gasteiger partial charge is 0.230 e. The lowest BCUT2D eigenvalue weighted by Gasteiger charge is -2.36. The molecule has 0 N–H and O–H groups in total. The van der Waals surface area contributed by atoms with Crippen LogP contribution in [0, 0.1) is 0 Å². The second-order valence-electron chi connectivity index (χ2n) is 5.32. The van der Waals surface area contributed by atoms with Crippen molar-refractivity contribution >= 4 is 11.6 Å². The summed E-state index contributed by atoms with van der Waals surface area (Å²) in [5.41, 5.74) is 1.17. The minimum atomic E-state index is 0.129. The highest BCUT2D eigenvalue weighted by molar-refractivity contribution is 5.78. The molecule has 1 aliphatic heterocycles. The van der Waals surface area contributed by atoms with Crippen LogP contribution >= 0.6 is 0 Å². The molecule has 1 aromatic carbocycles. The van der Waals surface area contributed by atoms with Crippen LogP contribution in [0.1, 0.15) is 5.76 Å². The number of furan rings is 1. The first-order valence-corrected chi connectivity index (χ1v) is 7.45. The molecular weight excluding hydrogens is 280 g/mol. The highest BCUT2D eigenvalue weighted by Gasteiger charge is 2.21. The lowest BCUT2D eigenvalue weighted by atomic mass is 10.2.